The molecule has 0 fully saturated rings. The lowest BCUT2D eigenvalue weighted by molar-refractivity contribution is 0.0980. The molecule has 3 aromatic rings. The monoisotopic (exact) mass is 346 g/mol. The van der Waals surface area contributed by atoms with Crippen molar-refractivity contribution in [2.45, 2.75) is 0 Å². The fourth-order valence-corrected chi connectivity index (χ4v) is 2.66. The summed E-state index contributed by atoms with van der Waals surface area (Å²) >= 11 is 0. The predicted octanol–water partition coefficient (Wildman–Crippen LogP) is 2.86. The van der Waals surface area contributed by atoms with Gasteiger partial charge in [-0.3, -0.25) is 14.6 Å². The van der Waals surface area contributed by atoms with Crippen LogP contribution in [0, 0.1) is 0 Å². The van der Waals surface area contributed by atoms with E-state index < -0.39 is 0 Å². The van der Waals surface area contributed by atoms with Gasteiger partial charge in [0, 0.05) is 18.0 Å². The molecule has 4 rings (SSSR count). The third kappa shape index (κ3) is 2.75. The highest BCUT2D eigenvalue weighted by Crippen LogP contribution is 2.25. The molecule has 2 heterocycles. The van der Waals surface area contributed by atoms with Gasteiger partial charge in [-0.2, -0.15) is 0 Å². The SMILES string of the molecule is COc1ccc(NC2=CC(=O)c3nc(-c4ccccn4)[nH]c3C2=O)cc1. The number of H-pyrrole nitrogens is 1. The highest BCUT2D eigenvalue weighted by molar-refractivity contribution is 6.24. The molecule has 2 N–H and O–H groups in total. The van der Waals surface area contributed by atoms with Gasteiger partial charge in [0.1, 0.15) is 22.8 Å². The Balaban J connectivity index is 1.64. The van der Waals surface area contributed by atoms with Gasteiger partial charge in [0.05, 0.1) is 12.8 Å². The number of anilines is 1. The lowest BCUT2D eigenvalue weighted by atomic mass is 10.0. The lowest BCUT2D eigenvalue weighted by Crippen LogP contribution is -2.21. The van der Waals surface area contributed by atoms with Crippen LogP contribution in [-0.2, 0) is 0 Å². The van der Waals surface area contributed by atoms with Crippen LogP contribution in [0.1, 0.15) is 21.0 Å². The van der Waals surface area contributed by atoms with E-state index in [1.54, 1.807) is 49.7 Å². The number of hydrogen-bond acceptors (Lipinski definition) is 6. The molecule has 0 aliphatic heterocycles. The van der Waals surface area contributed by atoms with Crippen molar-refractivity contribution in [1.82, 2.24) is 15.0 Å². The van der Waals surface area contributed by atoms with Crippen molar-refractivity contribution in [2.75, 3.05) is 12.4 Å². The minimum Gasteiger partial charge on any atom is -0.497 e. The largest absolute Gasteiger partial charge is 0.497 e. The Morgan fingerprint density at radius 2 is 1.88 bits per heavy atom. The van der Waals surface area contributed by atoms with Gasteiger partial charge in [-0.15, -0.1) is 0 Å². The Morgan fingerprint density at radius 1 is 1.08 bits per heavy atom. The molecule has 0 saturated carbocycles. The van der Waals surface area contributed by atoms with Gasteiger partial charge < -0.3 is 15.0 Å². The molecule has 7 nitrogen and oxygen atoms in total. The Labute approximate surface area is 148 Å². The standard InChI is InChI=1S/C19H14N4O3/c1-26-12-7-5-11(6-8-12)21-14-10-15(24)16-17(18(14)25)23-19(22-16)13-4-2-3-9-20-13/h2-10,21H,1H3,(H,22,23). The molecule has 0 atom stereocenters. The minimum absolute atomic E-state index is 0.107. The van der Waals surface area contributed by atoms with E-state index in [-0.39, 0.29) is 28.7 Å². The van der Waals surface area contributed by atoms with Crippen molar-refractivity contribution in [3.05, 3.63) is 71.8 Å². The Hall–Kier alpha value is -3.74. The molecule has 1 aliphatic carbocycles. The molecule has 128 valence electrons. The maximum absolute atomic E-state index is 12.7. The van der Waals surface area contributed by atoms with Crippen LogP contribution in [-0.4, -0.2) is 33.6 Å². The molecule has 0 saturated heterocycles. The normalized spacial score (nSPS) is 13.2. The number of nitrogens with one attached hydrogen (secondary N) is 2. The fourth-order valence-electron chi connectivity index (χ4n) is 2.66. The molecule has 2 aromatic heterocycles. The van der Waals surface area contributed by atoms with Gasteiger partial charge in [-0.05, 0) is 36.4 Å². The Morgan fingerprint density at radius 3 is 2.58 bits per heavy atom. The number of ether oxygens (including phenoxy) is 1. The summed E-state index contributed by atoms with van der Waals surface area (Å²) in [6.45, 7) is 0. The molecule has 0 amide bonds. The van der Waals surface area contributed by atoms with Crippen LogP contribution in [0.3, 0.4) is 0 Å². The molecule has 0 spiro atoms. The van der Waals surface area contributed by atoms with Gasteiger partial charge in [-0.1, -0.05) is 6.07 Å². The molecule has 0 bridgehead atoms. The van der Waals surface area contributed by atoms with Crippen molar-refractivity contribution in [3.8, 4) is 17.3 Å². The molecule has 7 heteroatoms. The second-order valence-electron chi connectivity index (χ2n) is 5.63. The maximum atomic E-state index is 12.7. The molecule has 1 aromatic carbocycles. The van der Waals surface area contributed by atoms with E-state index >= 15 is 0 Å². The van der Waals surface area contributed by atoms with E-state index in [0.717, 1.165) is 0 Å². The molecule has 0 unspecified atom stereocenters. The number of aromatic nitrogens is 3. The smallest absolute Gasteiger partial charge is 0.227 e. The van der Waals surface area contributed by atoms with E-state index in [2.05, 4.69) is 20.3 Å². The first-order valence-electron chi connectivity index (χ1n) is 7.89. The van der Waals surface area contributed by atoms with Crippen LogP contribution in [0.4, 0.5) is 5.69 Å². The number of imidazole rings is 1. The summed E-state index contributed by atoms with van der Waals surface area (Å²) in [4.78, 5) is 36.5. The van der Waals surface area contributed by atoms with Crippen LogP contribution in [0.2, 0.25) is 0 Å². The van der Waals surface area contributed by atoms with E-state index in [0.29, 0.717) is 23.0 Å². The first kappa shape index (κ1) is 15.8. The third-order valence-electron chi connectivity index (χ3n) is 3.96. The van der Waals surface area contributed by atoms with Crippen LogP contribution in [0.25, 0.3) is 11.5 Å². The average Bonchev–Trinajstić information content (AvgIpc) is 3.14. The molecular formula is C19H14N4O3. The number of carbonyl (C=O) groups is 2. The molecular weight excluding hydrogens is 332 g/mol. The van der Waals surface area contributed by atoms with E-state index in [1.165, 1.54) is 6.08 Å². The summed E-state index contributed by atoms with van der Waals surface area (Å²) in [6, 6.07) is 12.4. The molecule has 0 radical (unpaired) electrons. The van der Waals surface area contributed by atoms with E-state index in [9.17, 15) is 9.59 Å². The van der Waals surface area contributed by atoms with E-state index in [4.69, 9.17) is 4.74 Å². The van der Waals surface area contributed by atoms with Crippen molar-refractivity contribution in [3.63, 3.8) is 0 Å². The maximum Gasteiger partial charge on any atom is 0.227 e. The zero-order valence-electron chi connectivity index (χ0n) is 13.8. The van der Waals surface area contributed by atoms with E-state index in [1.807, 2.05) is 6.07 Å². The number of nitrogens with zero attached hydrogens (tertiary/aromatic N) is 2. The second kappa shape index (κ2) is 6.29. The number of benzene rings is 1. The van der Waals surface area contributed by atoms with Crippen molar-refractivity contribution < 1.29 is 14.3 Å². The number of aromatic amines is 1. The zero-order chi connectivity index (χ0) is 18.1. The summed E-state index contributed by atoms with van der Waals surface area (Å²) in [6.07, 6.45) is 2.88. The molecule has 1 aliphatic rings. The highest BCUT2D eigenvalue weighted by atomic mass is 16.5. The number of carbonyl (C=O) groups excluding carboxylic acids is 2. The number of hydrogen-bond donors (Lipinski definition) is 2. The quantitative estimate of drug-likeness (QED) is 0.754. The van der Waals surface area contributed by atoms with Crippen LogP contribution < -0.4 is 10.1 Å². The number of rotatable bonds is 4. The number of pyridine rings is 1. The highest BCUT2D eigenvalue weighted by Gasteiger charge is 2.30. The van der Waals surface area contributed by atoms with Gasteiger partial charge in [0.25, 0.3) is 0 Å². The van der Waals surface area contributed by atoms with Crippen molar-refractivity contribution in [1.29, 1.82) is 0 Å². The van der Waals surface area contributed by atoms with Gasteiger partial charge in [0.2, 0.25) is 11.6 Å². The zero-order valence-corrected chi connectivity index (χ0v) is 13.8. The van der Waals surface area contributed by atoms with Gasteiger partial charge >= 0.3 is 0 Å². The third-order valence-corrected chi connectivity index (χ3v) is 3.96. The average molecular weight is 346 g/mol. The predicted molar refractivity (Wildman–Crippen MR) is 95.2 cm³/mol. The van der Waals surface area contributed by atoms with Gasteiger partial charge in [-0.25, -0.2) is 4.98 Å². The number of fused-ring (bicyclic) bond motifs is 1. The lowest BCUT2D eigenvalue weighted by Gasteiger charge is -2.13. The van der Waals surface area contributed by atoms with Crippen LogP contribution >= 0.6 is 0 Å². The number of Topliss-reactive ketones (excluding diaryl/α,β-unsaturated/α-hetero) is 1. The topological polar surface area (TPSA) is 97.0 Å². The van der Waals surface area contributed by atoms with Gasteiger partial charge in [0.15, 0.2) is 5.82 Å². The summed E-state index contributed by atoms with van der Waals surface area (Å²) < 4.78 is 5.11. The number of ketones is 2. The summed E-state index contributed by atoms with van der Waals surface area (Å²) in [5.41, 5.74) is 1.69. The van der Waals surface area contributed by atoms with Crippen LogP contribution in [0.5, 0.6) is 5.75 Å². The Kier molecular flexibility index (Phi) is 3.81. The summed E-state index contributed by atoms with van der Waals surface area (Å²) in [5.74, 6) is 0.418. The second-order valence-corrected chi connectivity index (χ2v) is 5.63. The number of allylic oxidation sites excluding steroid dienone is 2. The Bertz CT molecular complexity index is 1020. The molecule has 26 heavy (non-hydrogen) atoms. The minimum atomic E-state index is -0.339. The number of methoxy groups -OCH3 is 1. The summed E-state index contributed by atoms with van der Waals surface area (Å²) in [5, 5.41) is 2.97. The summed E-state index contributed by atoms with van der Waals surface area (Å²) in [7, 11) is 1.58. The van der Waals surface area contributed by atoms with Crippen LogP contribution in [0.15, 0.2) is 60.4 Å². The van der Waals surface area contributed by atoms with Crippen molar-refractivity contribution >= 4 is 17.3 Å². The fraction of sp³-hybridized carbons (Fsp3) is 0.0526. The first-order chi connectivity index (χ1) is 12.7. The van der Waals surface area contributed by atoms with Crippen molar-refractivity contribution in [2.24, 2.45) is 0 Å². The first-order valence-corrected chi connectivity index (χ1v) is 7.89.